The van der Waals surface area contributed by atoms with Crippen molar-refractivity contribution in [3.63, 3.8) is 0 Å². The van der Waals surface area contributed by atoms with E-state index >= 15 is 0 Å². The molecule has 2 atom stereocenters. The van der Waals surface area contributed by atoms with Gasteiger partial charge >= 0.3 is 16.4 Å². The second kappa shape index (κ2) is 5.73. The number of carbonyl (C=O) groups is 2. The van der Waals surface area contributed by atoms with Gasteiger partial charge in [-0.1, -0.05) is 20.8 Å². The Morgan fingerprint density at radius 2 is 2.00 bits per heavy atom. The molecule has 0 saturated carbocycles. The van der Waals surface area contributed by atoms with Crippen LogP contribution in [0.4, 0.5) is 4.79 Å². The first-order chi connectivity index (χ1) is 10.4. The highest BCUT2D eigenvalue weighted by Crippen LogP contribution is 2.30. The maximum atomic E-state index is 12.2. The lowest BCUT2D eigenvalue weighted by Crippen LogP contribution is -2.52. The smallest absolute Gasteiger partial charge is 0.312 e. The Labute approximate surface area is 134 Å². The SMILES string of the molecule is CC(C)(C)C(=O)NC(=N)[C@@H]1CC[C@@H]2CN1C(=O)N2OS(=O)(=O)O. The lowest BCUT2D eigenvalue weighted by molar-refractivity contribution is -0.127. The van der Waals surface area contributed by atoms with E-state index in [0.717, 1.165) is 0 Å². The van der Waals surface area contributed by atoms with Gasteiger partial charge in [-0.2, -0.15) is 13.5 Å². The summed E-state index contributed by atoms with van der Waals surface area (Å²) in [7, 11) is -4.80. The summed E-state index contributed by atoms with van der Waals surface area (Å²) in [4.78, 5) is 25.4. The Morgan fingerprint density at radius 1 is 1.39 bits per heavy atom. The molecule has 0 radical (unpaired) electrons. The fourth-order valence-electron chi connectivity index (χ4n) is 2.52. The Kier molecular flexibility index (Phi) is 4.39. The third kappa shape index (κ3) is 3.79. The number of nitrogens with one attached hydrogen (secondary N) is 2. The van der Waals surface area contributed by atoms with Crippen molar-refractivity contribution in [3.8, 4) is 0 Å². The van der Waals surface area contributed by atoms with E-state index in [4.69, 9.17) is 9.96 Å². The van der Waals surface area contributed by atoms with Crippen molar-refractivity contribution in [2.75, 3.05) is 6.54 Å². The van der Waals surface area contributed by atoms with Gasteiger partial charge in [-0.15, -0.1) is 4.28 Å². The molecule has 3 N–H and O–H groups in total. The van der Waals surface area contributed by atoms with Gasteiger partial charge < -0.3 is 10.2 Å². The molecule has 0 aliphatic carbocycles. The number of amidine groups is 1. The van der Waals surface area contributed by atoms with Crippen LogP contribution in [0.1, 0.15) is 33.6 Å². The molecule has 2 bridgehead atoms. The summed E-state index contributed by atoms with van der Waals surface area (Å²) in [5.41, 5.74) is -0.682. The van der Waals surface area contributed by atoms with Crippen molar-refractivity contribution in [2.45, 2.75) is 45.7 Å². The summed E-state index contributed by atoms with van der Waals surface area (Å²) in [6.07, 6.45) is 0.765. The minimum Gasteiger partial charge on any atom is -0.312 e. The van der Waals surface area contributed by atoms with Crippen molar-refractivity contribution < 1.29 is 26.8 Å². The number of hydrogen-bond acceptors (Lipinski definition) is 6. The van der Waals surface area contributed by atoms with E-state index in [2.05, 4.69) is 9.60 Å². The predicted octanol–water partition coefficient (Wildman–Crippen LogP) is 0.129. The van der Waals surface area contributed by atoms with Gasteiger partial charge in [-0.25, -0.2) is 4.79 Å². The summed E-state index contributed by atoms with van der Waals surface area (Å²) >= 11 is 0. The largest absolute Gasteiger partial charge is 0.418 e. The summed E-state index contributed by atoms with van der Waals surface area (Å²) in [6.45, 7) is 5.27. The van der Waals surface area contributed by atoms with Gasteiger partial charge in [0, 0.05) is 12.0 Å². The number of nitrogens with zero attached hydrogens (tertiary/aromatic N) is 2. The monoisotopic (exact) mass is 348 g/mol. The van der Waals surface area contributed by atoms with Crippen molar-refractivity contribution in [1.29, 1.82) is 5.41 Å². The van der Waals surface area contributed by atoms with E-state index in [0.29, 0.717) is 17.9 Å². The molecule has 3 amide bonds. The molecule has 2 heterocycles. The average molecular weight is 348 g/mol. The van der Waals surface area contributed by atoms with Crippen molar-refractivity contribution in [3.05, 3.63) is 0 Å². The average Bonchev–Trinajstić information content (AvgIpc) is 2.61. The number of piperidine rings is 1. The molecule has 0 aromatic rings. The van der Waals surface area contributed by atoms with Crippen LogP contribution in [0.2, 0.25) is 0 Å². The van der Waals surface area contributed by atoms with Crippen LogP contribution in [-0.2, 0) is 19.5 Å². The number of amides is 3. The zero-order valence-corrected chi connectivity index (χ0v) is 13.9. The van der Waals surface area contributed by atoms with Gasteiger partial charge in [-0.05, 0) is 12.8 Å². The van der Waals surface area contributed by atoms with Crippen molar-refractivity contribution in [2.24, 2.45) is 5.41 Å². The normalized spacial score (nSPS) is 24.8. The molecule has 0 unspecified atom stereocenters. The number of rotatable bonds is 3. The lowest BCUT2D eigenvalue weighted by atomic mass is 9.94. The van der Waals surface area contributed by atoms with Crippen LogP contribution < -0.4 is 5.32 Å². The number of carbonyl (C=O) groups excluding carboxylic acids is 2. The molecular formula is C12H20N4O6S. The summed E-state index contributed by atoms with van der Waals surface area (Å²) in [5.74, 6) is -0.465. The second-order valence-electron chi connectivity index (χ2n) is 6.63. The third-order valence-corrected chi connectivity index (χ3v) is 4.11. The number of fused-ring (bicyclic) bond motifs is 2. The minimum atomic E-state index is -4.80. The first-order valence-electron chi connectivity index (χ1n) is 7.07. The fourth-order valence-corrected chi connectivity index (χ4v) is 2.91. The van der Waals surface area contributed by atoms with Crippen LogP contribution in [0.25, 0.3) is 0 Å². The van der Waals surface area contributed by atoms with E-state index in [9.17, 15) is 18.0 Å². The van der Waals surface area contributed by atoms with E-state index in [1.54, 1.807) is 20.8 Å². The molecule has 10 nitrogen and oxygen atoms in total. The maximum Gasteiger partial charge on any atom is 0.418 e. The van der Waals surface area contributed by atoms with E-state index in [1.807, 2.05) is 0 Å². The molecule has 0 spiro atoms. The van der Waals surface area contributed by atoms with E-state index in [-0.39, 0.29) is 18.3 Å². The highest BCUT2D eigenvalue weighted by Gasteiger charge is 2.48. The minimum absolute atomic E-state index is 0.120. The molecule has 2 aliphatic heterocycles. The van der Waals surface area contributed by atoms with Crippen LogP contribution in [0.5, 0.6) is 0 Å². The molecule has 0 aromatic carbocycles. The lowest BCUT2D eigenvalue weighted by Gasteiger charge is -2.31. The Bertz CT molecular complexity index is 640. The molecule has 2 saturated heterocycles. The van der Waals surface area contributed by atoms with Crippen LogP contribution in [0, 0.1) is 10.8 Å². The molecule has 11 heteroatoms. The first kappa shape index (κ1) is 17.6. The molecule has 23 heavy (non-hydrogen) atoms. The zero-order valence-electron chi connectivity index (χ0n) is 13.1. The Balaban J connectivity index is 2.09. The van der Waals surface area contributed by atoms with Gasteiger partial charge in [0.25, 0.3) is 0 Å². The van der Waals surface area contributed by atoms with Crippen molar-refractivity contribution in [1.82, 2.24) is 15.3 Å². The van der Waals surface area contributed by atoms with Gasteiger partial charge in [0.1, 0.15) is 5.84 Å². The Morgan fingerprint density at radius 3 is 2.52 bits per heavy atom. The fraction of sp³-hybridized carbons (Fsp3) is 0.750. The molecule has 2 fully saturated rings. The maximum absolute atomic E-state index is 12.2. The first-order valence-corrected chi connectivity index (χ1v) is 8.43. The summed E-state index contributed by atoms with van der Waals surface area (Å²) < 4.78 is 34.7. The molecule has 0 aromatic heterocycles. The highest BCUT2D eigenvalue weighted by atomic mass is 32.3. The number of hydroxylamine groups is 2. The van der Waals surface area contributed by atoms with Crippen LogP contribution in [-0.4, -0.2) is 59.3 Å². The van der Waals surface area contributed by atoms with Crippen LogP contribution >= 0.6 is 0 Å². The number of urea groups is 1. The second-order valence-corrected chi connectivity index (χ2v) is 7.63. The zero-order chi connectivity index (χ0) is 17.6. The molecule has 2 rings (SSSR count). The van der Waals surface area contributed by atoms with Crippen LogP contribution in [0.3, 0.4) is 0 Å². The predicted molar refractivity (Wildman–Crippen MR) is 78.7 cm³/mol. The number of hydrogen-bond donors (Lipinski definition) is 3. The van der Waals surface area contributed by atoms with Gasteiger partial charge in [0.15, 0.2) is 0 Å². The Hall–Kier alpha value is -1.72. The van der Waals surface area contributed by atoms with E-state index in [1.165, 1.54) is 4.90 Å². The standard InChI is InChI=1S/C12H20N4O6S/c1-12(2,3)10(17)14-9(13)8-5-4-7-6-15(8)11(18)16(7)22-23(19,20)21/h7-8H,4-6H2,1-3H3,(H2,13,14,17)(H,19,20,21)/t7-,8+/m1/s1. The summed E-state index contributed by atoms with van der Waals surface area (Å²) in [5, 5.41) is 11.1. The molecule has 2 aliphatic rings. The van der Waals surface area contributed by atoms with Gasteiger partial charge in [0.2, 0.25) is 5.91 Å². The van der Waals surface area contributed by atoms with Crippen molar-refractivity contribution >= 4 is 28.2 Å². The third-order valence-electron chi connectivity index (χ3n) is 3.76. The molecule has 130 valence electrons. The quantitative estimate of drug-likeness (QED) is 0.376. The van der Waals surface area contributed by atoms with Gasteiger partial charge in [-0.3, -0.25) is 14.8 Å². The highest BCUT2D eigenvalue weighted by molar-refractivity contribution is 7.80. The topological polar surface area (TPSA) is 140 Å². The van der Waals surface area contributed by atoms with Crippen LogP contribution in [0.15, 0.2) is 0 Å². The van der Waals surface area contributed by atoms with Gasteiger partial charge in [0.05, 0.1) is 12.1 Å². The van der Waals surface area contributed by atoms with E-state index < -0.39 is 33.9 Å². The summed E-state index contributed by atoms with van der Waals surface area (Å²) in [6, 6.07) is -1.95. The molecular weight excluding hydrogens is 328 g/mol.